The van der Waals surface area contributed by atoms with Crippen LogP contribution in [0.3, 0.4) is 0 Å². The summed E-state index contributed by atoms with van der Waals surface area (Å²) in [5.74, 6) is 0. The molecule has 17 heavy (non-hydrogen) atoms. The maximum Gasteiger partial charge on any atom is 0.0522 e. The minimum Gasteiger partial charge on any atom is -0.312 e. The van der Waals surface area contributed by atoms with Gasteiger partial charge in [-0.05, 0) is 59.2 Å². The minimum atomic E-state index is 0.947. The summed E-state index contributed by atoms with van der Waals surface area (Å²) in [6.07, 6.45) is 4.15. The summed E-state index contributed by atoms with van der Waals surface area (Å²) in [4.78, 5) is 1.37. The molecule has 2 aromatic heterocycles. The molecule has 0 bridgehead atoms. The van der Waals surface area contributed by atoms with E-state index in [0.29, 0.717) is 0 Å². The van der Waals surface area contributed by atoms with Crippen molar-refractivity contribution in [3.05, 3.63) is 38.3 Å². The van der Waals surface area contributed by atoms with Gasteiger partial charge in [0.2, 0.25) is 0 Å². The van der Waals surface area contributed by atoms with E-state index in [1.54, 1.807) is 11.3 Å². The molecule has 0 atom stereocenters. The second-order valence-electron chi connectivity index (χ2n) is 3.99. The van der Waals surface area contributed by atoms with Gasteiger partial charge < -0.3 is 5.32 Å². The first-order valence-corrected chi connectivity index (χ1v) is 7.36. The largest absolute Gasteiger partial charge is 0.312 e. The lowest BCUT2D eigenvalue weighted by Crippen LogP contribution is -2.14. The number of aromatic amines is 1. The van der Waals surface area contributed by atoms with Crippen molar-refractivity contribution in [2.45, 2.75) is 26.3 Å². The zero-order valence-corrected chi connectivity index (χ0v) is 12.2. The molecule has 0 spiro atoms. The van der Waals surface area contributed by atoms with E-state index in [1.165, 1.54) is 20.6 Å². The smallest absolute Gasteiger partial charge is 0.0522 e. The van der Waals surface area contributed by atoms with Crippen molar-refractivity contribution in [2.24, 2.45) is 0 Å². The van der Waals surface area contributed by atoms with Crippen molar-refractivity contribution in [2.75, 3.05) is 6.54 Å². The zero-order chi connectivity index (χ0) is 12.1. The van der Waals surface area contributed by atoms with Gasteiger partial charge in [0.25, 0.3) is 0 Å². The molecule has 92 valence electrons. The number of nitrogens with one attached hydrogen (secondary N) is 2. The van der Waals surface area contributed by atoms with Crippen molar-refractivity contribution < 1.29 is 0 Å². The van der Waals surface area contributed by atoms with Crippen LogP contribution in [0.15, 0.2) is 22.1 Å². The molecule has 0 radical (unpaired) electrons. The normalized spacial score (nSPS) is 10.9. The lowest BCUT2D eigenvalue weighted by atomic mass is 10.1. The molecule has 0 aromatic carbocycles. The number of hydrogen-bond donors (Lipinski definition) is 2. The van der Waals surface area contributed by atoms with Crippen LogP contribution in [-0.4, -0.2) is 16.7 Å². The average molecular weight is 314 g/mol. The minimum absolute atomic E-state index is 0.947. The molecule has 0 aliphatic carbocycles. The van der Waals surface area contributed by atoms with E-state index >= 15 is 0 Å². The van der Waals surface area contributed by atoms with E-state index in [4.69, 9.17) is 0 Å². The zero-order valence-electron chi connectivity index (χ0n) is 9.79. The summed E-state index contributed by atoms with van der Waals surface area (Å²) < 4.78 is 1.21. The van der Waals surface area contributed by atoms with E-state index in [-0.39, 0.29) is 0 Å². The summed E-state index contributed by atoms with van der Waals surface area (Å²) in [7, 11) is 0. The molecular weight excluding hydrogens is 298 g/mol. The van der Waals surface area contributed by atoms with E-state index in [0.717, 1.165) is 25.9 Å². The lowest BCUT2D eigenvalue weighted by Gasteiger charge is -2.03. The van der Waals surface area contributed by atoms with Crippen LogP contribution in [0.25, 0.3) is 0 Å². The number of hydrogen-bond acceptors (Lipinski definition) is 3. The molecule has 0 amide bonds. The fraction of sp³-hybridized carbons (Fsp3) is 0.417. The van der Waals surface area contributed by atoms with Gasteiger partial charge in [-0.25, -0.2) is 0 Å². The van der Waals surface area contributed by atoms with Gasteiger partial charge in [-0.15, -0.1) is 11.3 Å². The number of aryl methyl sites for hydroxylation is 2. The quantitative estimate of drug-likeness (QED) is 0.804. The summed E-state index contributed by atoms with van der Waals surface area (Å²) in [6.45, 7) is 4.05. The van der Waals surface area contributed by atoms with Crippen molar-refractivity contribution in [3.8, 4) is 0 Å². The number of thiophene rings is 1. The van der Waals surface area contributed by atoms with Gasteiger partial charge in [-0.1, -0.05) is 0 Å². The highest BCUT2D eigenvalue weighted by Crippen LogP contribution is 2.22. The van der Waals surface area contributed by atoms with Crippen LogP contribution in [-0.2, 0) is 13.0 Å². The Balaban J connectivity index is 1.64. The van der Waals surface area contributed by atoms with E-state index in [2.05, 4.69) is 49.8 Å². The Morgan fingerprint density at radius 2 is 2.41 bits per heavy atom. The van der Waals surface area contributed by atoms with Crippen LogP contribution in [0.1, 0.15) is 22.6 Å². The Labute approximate surface area is 114 Å². The monoisotopic (exact) mass is 313 g/mol. The van der Waals surface area contributed by atoms with Crippen molar-refractivity contribution in [1.29, 1.82) is 0 Å². The summed E-state index contributed by atoms with van der Waals surface area (Å²) >= 11 is 5.32. The second kappa shape index (κ2) is 6.33. The topological polar surface area (TPSA) is 40.7 Å². The van der Waals surface area contributed by atoms with Crippen molar-refractivity contribution in [1.82, 2.24) is 15.5 Å². The van der Waals surface area contributed by atoms with E-state index < -0.39 is 0 Å². The highest BCUT2D eigenvalue weighted by atomic mass is 79.9. The Bertz CT molecular complexity index is 422. The Morgan fingerprint density at radius 3 is 3.06 bits per heavy atom. The molecule has 2 N–H and O–H groups in total. The maximum absolute atomic E-state index is 4.02. The molecule has 0 saturated heterocycles. The first-order valence-electron chi connectivity index (χ1n) is 5.69. The van der Waals surface area contributed by atoms with Crippen LogP contribution in [0, 0.1) is 6.92 Å². The SMILES string of the molecule is Cc1[nH]ncc1CCCNCc1sccc1Br. The van der Waals surface area contributed by atoms with Crippen LogP contribution in [0.2, 0.25) is 0 Å². The first kappa shape index (κ1) is 12.8. The third kappa shape index (κ3) is 3.66. The number of halogens is 1. The van der Waals surface area contributed by atoms with Gasteiger partial charge in [-0.2, -0.15) is 5.10 Å². The van der Waals surface area contributed by atoms with Crippen LogP contribution < -0.4 is 5.32 Å². The highest BCUT2D eigenvalue weighted by Gasteiger charge is 2.01. The van der Waals surface area contributed by atoms with Crippen molar-refractivity contribution >= 4 is 27.3 Å². The van der Waals surface area contributed by atoms with Gasteiger partial charge in [0.05, 0.1) is 6.20 Å². The van der Waals surface area contributed by atoms with E-state index in [1.807, 2.05) is 6.20 Å². The summed E-state index contributed by atoms with van der Waals surface area (Å²) in [6, 6.07) is 2.09. The molecule has 2 heterocycles. The third-order valence-corrected chi connectivity index (χ3v) is 4.64. The maximum atomic E-state index is 4.02. The van der Waals surface area contributed by atoms with Gasteiger partial charge in [-0.3, -0.25) is 5.10 Å². The second-order valence-corrected chi connectivity index (χ2v) is 5.85. The highest BCUT2D eigenvalue weighted by molar-refractivity contribution is 9.10. The van der Waals surface area contributed by atoms with E-state index in [9.17, 15) is 0 Å². The predicted molar refractivity (Wildman–Crippen MR) is 75.4 cm³/mol. The average Bonchev–Trinajstić information content (AvgIpc) is 2.89. The molecule has 3 nitrogen and oxygen atoms in total. The van der Waals surface area contributed by atoms with Gasteiger partial charge in [0.15, 0.2) is 0 Å². The fourth-order valence-corrected chi connectivity index (χ4v) is 3.15. The molecule has 0 aliphatic rings. The predicted octanol–water partition coefficient (Wildman–Crippen LogP) is 3.26. The Morgan fingerprint density at radius 1 is 1.53 bits per heavy atom. The van der Waals surface area contributed by atoms with Crippen LogP contribution >= 0.6 is 27.3 Å². The number of rotatable bonds is 6. The summed E-state index contributed by atoms with van der Waals surface area (Å²) in [5, 5.41) is 12.6. The van der Waals surface area contributed by atoms with Gasteiger partial charge in [0, 0.05) is 21.6 Å². The molecule has 2 aromatic rings. The molecule has 0 fully saturated rings. The summed E-state index contributed by atoms with van der Waals surface area (Å²) in [5.41, 5.74) is 2.51. The molecular formula is C12H16BrN3S. The Kier molecular flexibility index (Phi) is 4.76. The van der Waals surface area contributed by atoms with Crippen LogP contribution in [0.5, 0.6) is 0 Å². The molecule has 0 unspecified atom stereocenters. The Hall–Kier alpha value is -0.650. The molecule has 0 saturated carbocycles. The lowest BCUT2D eigenvalue weighted by molar-refractivity contribution is 0.652. The molecule has 2 rings (SSSR count). The van der Waals surface area contributed by atoms with Crippen molar-refractivity contribution in [3.63, 3.8) is 0 Å². The molecule has 5 heteroatoms. The van der Waals surface area contributed by atoms with Gasteiger partial charge >= 0.3 is 0 Å². The third-order valence-electron chi connectivity index (χ3n) is 2.71. The first-order chi connectivity index (χ1) is 8.27. The molecule has 0 aliphatic heterocycles. The van der Waals surface area contributed by atoms with Crippen LogP contribution in [0.4, 0.5) is 0 Å². The van der Waals surface area contributed by atoms with Gasteiger partial charge in [0.1, 0.15) is 0 Å². The standard InChI is InChI=1S/C12H16BrN3S/c1-9-10(7-15-16-9)3-2-5-14-8-12-11(13)4-6-17-12/h4,6-7,14H,2-3,5,8H2,1H3,(H,15,16). The number of aromatic nitrogens is 2. The number of H-pyrrole nitrogens is 1. The number of nitrogens with zero attached hydrogens (tertiary/aromatic N) is 1. The fourth-order valence-electron chi connectivity index (χ4n) is 1.68.